The van der Waals surface area contributed by atoms with Crippen LogP contribution in [0.3, 0.4) is 0 Å². The summed E-state index contributed by atoms with van der Waals surface area (Å²) in [6.45, 7) is 6.19. The topological polar surface area (TPSA) is 69.3 Å². The number of ketones is 1. The van der Waals surface area contributed by atoms with Crippen LogP contribution in [0.25, 0.3) is 20.7 Å². The van der Waals surface area contributed by atoms with Crippen molar-refractivity contribution in [2.75, 3.05) is 31.1 Å². The highest BCUT2D eigenvalue weighted by molar-refractivity contribution is 7.18. The summed E-state index contributed by atoms with van der Waals surface area (Å²) >= 11 is 3.10. The minimum Gasteiger partial charge on any atom is -0.367 e. The van der Waals surface area contributed by atoms with Gasteiger partial charge in [0.15, 0.2) is 5.78 Å². The molecular weight excluding hydrogens is 459 g/mol. The standard InChI is InChI=1S/C24H23FN4O2S2/c1-14(22-26-23(31)21-17(13-33-24(21)27-22)20-4-3-11-32-20)28-7-9-29(10-8-28)19-6-5-16(15(2)30)12-18(19)25/h3-6,11-14H,7-10H2,1-2H3,(H,26,27,31)/t14-/m0/s1. The van der Waals surface area contributed by atoms with Crippen LogP contribution < -0.4 is 10.5 Å². The van der Waals surface area contributed by atoms with Gasteiger partial charge < -0.3 is 9.88 Å². The SMILES string of the molecule is CC(=O)c1ccc(N2CCN([C@@H](C)c3nc4scc(-c5cccs5)c4c(=O)[nH]3)CC2)c(F)c1. The molecule has 0 amide bonds. The van der Waals surface area contributed by atoms with E-state index in [1.165, 1.54) is 24.3 Å². The fraction of sp³-hybridized carbons (Fsp3) is 0.292. The summed E-state index contributed by atoms with van der Waals surface area (Å²) in [4.78, 5) is 38.3. The zero-order valence-electron chi connectivity index (χ0n) is 18.3. The van der Waals surface area contributed by atoms with Crippen LogP contribution in [0.15, 0.2) is 45.9 Å². The number of thiophene rings is 2. The normalized spacial score (nSPS) is 15.8. The lowest BCUT2D eigenvalue weighted by molar-refractivity contribution is 0.101. The number of aromatic nitrogens is 2. The largest absolute Gasteiger partial charge is 0.367 e. The third-order valence-electron chi connectivity index (χ3n) is 6.20. The molecule has 0 bridgehead atoms. The minimum absolute atomic E-state index is 0.0681. The first kappa shape index (κ1) is 21.9. The maximum Gasteiger partial charge on any atom is 0.260 e. The van der Waals surface area contributed by atoms with Gasteiger partial charge in [0.1, 0.15) is 16.5 Å². The molecular formula is C24H23FN4O2S2. The number of hydrogen-bond donors (Lipinski definition) is 1. The summed E-state index contributed by atoms with van der Waals surface area (Å²) in [5.74, 6) is 0.128. The lowest BCUT2D eigenvalue weighted by Gasteiger charge is -2.38. The molecule has 0 aliphatic carbocycles. The second-order valence-electron chi connectivity index (χ2n) is 8.18. The van der Waals surface area contributed by atoms with E-state index in [1.54, 1.807) is 23.5 Å². The summed E-state index contributed by atoms with van der Waals surface area (Å²) in [7, 11) is 0. The molecule has 1 aromatic carbocycles. The number of carbonyl (C=O) groups is 1. The average Bonchev–Trinajstić information content (AvgIpc) is 3.48. The lowest BCUT2D eigenvalue weighted by Crippen LogP contribution is -2.47. The Morgan fingerprint density at radius 1 is 1.18 bits per heavy atom. The molecule has 4 aromatic rings. The van der Waals surface area contributed by atoms with Gasteiger partial charge in [-0.1, -0.05) is 6.07 Å². The van der Waals surface area contributed by atoms with Gasteiger partial charge in [-0.2, -0.15) is 0 Å². The third kappa shape index (κ3) is 4.12. The van der Waals surface area contributed by atoms with Gasteiger partial charge in [0.25, 0.3) is 5.56 Å². The van der Waals surface area contributed by atoms with E-state index in [0.717, 1.165) is 15.3 Å². The zero-order chi connectivity index (χ0) is 23.1. The maximum atomic E-state index is 14.6. The van der Waals surface area contributed by atoms with E-state index >= 15 is 0 Å². The molecule has 0 unspecified atom stereocenters. The highest BCUT2D eigenvalue weighted by Crippen LogP contribution is 2.34. The molecule has 4 heterocycles. The highest BCUT2D eigenvalue weighted by atomic mass is 32.1. The molecule has 1 fully saturated rings. The van der Waals surface area contributed by atoms with Gasteiger partial charge in [-0.15, -0.1) is 22.7 Å². The van der Waals surface area contributed by atoms with Crippen molar-refractivity contribution in [1.29, 1.82) is 0 Å². The van der Waals surface area contributed by atoms with Crippen LogP contribution in [0.4, 0.5) is 10.1 Å². The number of halogens is 1. The van der Waals surface area contributed by atoms with E-state index in [9.17, 15) is 14.0 Å². The second kappa shape index (κ2) is 8.81. The molecule has 9 heteroatoms. The fourth-order valence-electron chi connectivity index (χ4n) is 4.28. The first-order valence-corrected chi connectivity index (χ1v) is 12.5. The van der Waals surface area contributed by atoms with Crippen molar-refractivity contribution in [2.24, 2.45) is 0 Å². The van der Waals surface area contributed by atoms with Crippen LogP contribution in [0.2, 0.25) is 0 Å². The Kier molecular flexibility index (Phi) is 5.86. The number of hydrogen-bond acceptors (Lipinski definition) is 7. The molecule has 1 saturated heterocycles. The number of fused-ring (bicyclic) bond motifs is 1. The van der Waals surface area contributed by atoms with Gasteiger partial charge in [-0.05, 0) is 43.5 Å². The van der Waals surface area contributed by atoms with E-state index in [0.29, 0.717) is 48.6 Å². The Morgan fingerprint density at radius 3 is 2.64 bits per heavy atom. The first-order valence-electron chi connectivity index (χ1n) is 10.8. The number of H-pyrrole nitrogens is 1. The molecule has 0 radical (unpaired) electrons. The summed E-state index contributed by atoms with van der Waals surface area (Å²) in [5, 5.41) is 4.64. The number of nitrogens with zero attached hydrogens (tertiary/aromatic N) is 3. The number of benzene rings is 1. The molecule has 0 spiro atoms. The van der Waals surface area contributed by atoms with Crippen molar-refractivity contribution in [3.05, 3.63) is 68.7 Å². The van der Waals surface area contributed by atoms with E-state index < -0.39 is 0 Å². The molecule has 5 rings (SSSR count). The van der Waals surface area contributed by atoms with Crippen LogP contribution in [-0.4, -0.2) is 46.8 Å². The third-order valence-corrected chi connectivity index (χ3v) is 7.98. The van der Waals surface area contributed by atoms with Gasteiger partial charge in [0.05, 0.1) is 17.1 Å². The molecule has 170 valence electrons. The number of anilines is 1. The smallest absolute Gasteiger partial charge is 0.260 e. The lowest BCUT2D eigenvalue weighted by atomic mass is 10.1. The van der Waals surface area contributed by atoms with Crippen LogP contribution in [-0.2, 0) is 0 Å². The molecule has 3 aromatic heterocycles. The molecule has 6 nitrogen and oxygen atoms in total. The Bertz CT molecular complexity index is 1370. The summed E-state index contributed by atoms with van der Waals surface area (Å²) in [5.41, 5.74) is 1.71. The number of aromatic amines is 1. The van der Waals surface area contributed by atoms with Crippen molar-refractivity contribution in [2.45, 2.75) is 19.9 Å². The molecule has 1 N–H and O–H groups in total. The van der Waals surface area contributed by atoms with Gasteiger partial charge in [0, 0.05) is 47.6 Å². The van der Waals surface area contributed by atoms with Crippen LogP contribution in [0.5, 0.6) is 0 Å². The van der Waals surface area contributed by atoms with E-state index in [4.69, 9.17) is 4.98 Å². The predicted octanol–water partition coefficient (Wildman–Crippen LogP) is 4.94. The molecule has 1 aliphatic heterocycles. The highest BCUT2D eigenvalue weighted by Gasteiger charge is 2.26. The van der Waals surface area contributed by atoms with Gasteiger partial charge in [-0.25, -0.2) is 9.37 Å². The van der Waals surface area contributed by atoms with Crippen LogP contribution >= 0.6 is 22.7 Å². The fourth-order valence-corrected chi connectivity index (χ4v) is 6.05. The summed E-state index contributed by atoms with van der Waals surface area (Å²) in [6, 6.07) is 8.58. The average molecular weight is 483 g/mol. The van der Waals surface area contributed by atoms with Crippen molar-refractivity contribution in [3.63, 3.8) is 0 Å². The van der Waals surface area contributed by atoms with Crippen LogP contribution in [0.1, 0.15) is 36.1 Å². The minimum atomic E-state index is -0.375. The summed E-state index contributed by atoms with van der Waals surface area (Å²) in [6.07, 6.45) is 0. The number of nitrogens with one attached hydrogen (secondary N) is 1. The number of piperazine rings is 1. The Balaban J connectivity index is 1.32. The zero-order valence-corrected chi connectivity index (χ0v) is 19.9. The maximum absolute atomic E-state index is 14.6. The Hall–Kier alpha value is -2.88. The van der Waals surface area contributed by atoms with Crippen molar-refractivity contribution >= 4 is 44.4 Å². The second-order valence-corrected chi connectivity index (χ2v) is 9.99. The molecule has 1 aliphatic rings. The number of rotatable bonds is 5. The first-order chi connectivity index (χ1) is 15.9. The Labute approximate surface area is 198 Å². The number of Topliss-reactive ketones (excluding diaryl/α,β-unsaturated/α-hetero) is 1. The number of carbonyl (C=O) groups excluding carboxylic acids is 1. The summed E-state index contributed by atoms with van der Waals surface area (Å²) < 4.78 is 14.6. The van der Waals surface area contributed by atoms with E-state index in [1.807, 2.05) is 34.7 Å². The molecule has 0 saturated carbocycles. The van der Waals surface area contributed by atoms with Gasteiger partial charge in [0.2, 0.25) is 0 Å². The van der Waals surface area contributed by atoms with E-state index in [2.05, 4.69) is 9.88 Å². The molecule has 33 heavy (non-hydrogen) atoms. The van der Waals surface area contributed by atoms with Crippen molar-refractivity contribution < 1.29 is 9.18 Å². The predicted molar refractivity (Wildman–Crippen MR) is 132 cm³/mol. The molecule has 1 atom stereocenters. The van der Waals surface area contributed by atoms with Crippen LogP contribution in [0, 0.1) is 5.82 Å². The monoisotopic (exact) mass is 482 g/mol. The quantitative estimate of drug-likeness (QED) is 0.408. The van der Waals surface area contributed by atoms with Crippen molar-refractivity contribution in [1.82, 2.24) is 14.9 Å². The van der Waals surface area contributed by atoms with Gasteiger partial charge in [-0.3, -0.25) is 14.5 Å². The van der Waals surface area contributed by atoms with Crippen molar-refractivity contribution in [3.8, 4) is 10.4 Å². The van der Waals surface area contributed by atoms with Gasteiger partial charge >= 0.3 is 0 Å². The van der Waals surface area contributed by atoms with E-state index in [-0.39, 0.29) is 23.2 Å². The Morgan fingerprint density at radius 2 is 1.97 bits per heavy atom.